The fraction of sp³-hybridized carbons (Fsp3) is 0.429. The summed E-state index contributed by atoms with van der Waals surface area (Å²) in [5.41, 5.74) is 0.218. The molecule has 2 amide bonds. The first kappa shape index (κ1) is 15.0. The molecule has 2 rings (SSSR count). The van der Waals surface area contributed by atoms with Crippen LogP contribution in [0.3, 0.4) is 0 Å². The molecule has 0 bridgehead atoms. The van der Waals surface area contributed by atoms with E-state index in [4.69, 9.17) is 0 Å². The number of anilines is 1. The first-order valence-corrected chi connectivity index (χ1v) is 7.38. The van der Waals surface area contributed by atoms with Crippen LogP contribution in [0, 0.1) is 5.82 Å². The lowest BCUT2D eigenvalue weighted by atomic mass is 10.1. The molecule has 0 radical (unpaired) electrons. The second kappa shape index (κ2) is 6.35. The molecule has 1 unspecified atom stereocenters. The predicted octanol–water partition coefficient (Wildman–Crippen LogP) is 2.61. The summed E-state index contributed by atoms with van der Waals surface area (Å²) in [7, 11) is 0. The fourth-order valence-corrected chi connectivity index (χ4v) is 2.60. The minimum absolute atomic E-state index is 0.170. The van der Waals surface area contributed by atoms with Crippen molar-refractivity contribution in [2.75, 3.05) is 11.4 Å². The molecule has 6 heteroatoms. The maximum Gasteiger partial charge on any atom is 0.249 e. The zero-order chi connectivity index (χ0) is 14.7. The summed E-state index contributed by atoms with van der Waals surface area (Å²) in [5.74, 6) is -0.895. The molecule has 0 spiro atoms. The number of hydrogen-bond donors (Lipinski definition) is 1. The van der Waals surface area contributed by atoms with Gasteiger partial charge in [0, 0.05) is 17.4 Å². The third kappa shape index (κ3) is 3.17. The Bertz CT molecular complexity index is 536. The summed E-state index contributed by atoms with van der Waals surface area (Å²) >= 11 is 3.19. The quantitative estimate of drug-likeness (QED) is 0.917. The molecule has 1 atom stereocenters. The molecule has 1 N–H and O–H groups in total. The lowest BCUT2D eigenvalue weighted by Crippen LogP contribution is -2.44. The minimum Gasteiger partial charge on any atom is -0.344 e. The number of halogens is 2. The van der Waals surface area contributed by atoms with Gasteiger partial charge in [0.2, 0.25) is 11.8 Å². The topological polar surface area (TPSA) is 49.4 Å². The molecule has 0 aromatic heterocycles. The smallest absolute Gasteiger partial charge is 0.249 e. The Labute approximate surface area is 125 Å². The first-order chi connectivity index (χ1) is 9.52. The van der Waals surface area contributed by atoms with Crippen LogP contribution in [-0.2, 0) is 9.59 Å². The van der Waals surface area contributed by atoms with Crippen LogP contribution >= 0.6 is 15.9 Å². The molecule has 0 saturated carbocycles. The fourth-order valence-electron chi connectivity index (χ4n) is 2.26. The highest BCUT2D eigenvalue weighted by Crippen LogP contribution is 2.25. The Morgan fingerprint density at radius 2 is 2.20 bits per heavy atom. The van der Waals surface area contributed by atoms with E-state index < -0.39 is 11.9 Å². The third-order valence-electron chi connectivity index (χ3n) is 3.24. The second-order valence-electron chi connectivity index (χ2n) is 4.74. The van der Waals surface area contributed by atoms with Crippen molar-refractivity contribution in [1.29, 1.82) is 0 Å². The van der Waals surface area contributed by atoms with Gasteiger partial charge < -0.3 is 10.2 Å². The van der Waals surface area contributed by atoms with Crippen molar-refractivity contribution < 1.29 is 14.0 Å². The standard InChI is InChI=1S/C14H16BrFN2O2/c1-2-3-11-14(20)18(7-6-13(19)17-11)12-5-4-9(15)8-10(12)16/h4-5,8,11H,2-3,6-7H2,1H3,(H,17,19). The van der Waals surface area contributed by atoms with Gasteiger partial charge in [-0.25, -0.2) is 4.39 Å². The normalized spacial score (nSPS) is 19.8. The van der Waals surface area contributed by atoms with E-state index in [0.717, 1.165) is 6.42 Å². The second-order valence-corrected chi connectivity index (χ2v) is 5.66. The van der Waals surface area contributed by atoms with Gasteiger partial charge in [-0.15, -0.1) is 0 Å². The Kier molecular flexibility index (Phi) is 4.75. The number of benzene rings is 1. The summed E-state index contributed by atoms with van der Waals surface area (Å²) in [6, 6.07) is 3.98. The minimum atomic E-state index is -0.571. The molecule has 1 aromatic carbocycles. The molecule has 1 aliphatic heterocycles. The van der Waals surface area contributed by atoms with Gasteiger partial charge in [0.1, 0.15) is 11.9 Å². The molecule has 108 valence electrons. The SMILES string of the molecule is CCCC1NC(=O)CCN(c2ccc(Br)cc2F)C1=O. The molecular formula is C14H16BrFN2O2. The summed E-state index contributed by atoms with van der Waals surface area (Å²) in [6.07, 6.45) is 1.51. The number of amides is 2. The van der Waals surface area contributed by atoms with Gasteiger partial charge in [-0.05, 0) is 24.6 Å². The van der Waals surface area contributed by atoms with Crippen LogP contribution in [0.25, 0.3) is 0 Å². The first-order valence-electron chi connectivity index (χ1n) is 6.58. The van der Waals surface area contributed by atoms with Crippen molar-refractivity contribution in [3.63, 3.8) is 0 Å². The summed E-state index contributed by atoms with van der Waals surface area (Å²) in [4.78, 5) is 25.5. The van der Waals surface area contributed by atoms with E-state index in [1.807, 2.05) is 6.92 Å². The van der Waals surface area contributed by atoms with E-state index in [-0.39, 0.29) is 30.5 Å². The maximum atomic E-state index is 14.0. The highest BCUT2D eigenvalue weighted by Gasteiger charge is 2.31. The van der Waals surface area contributed by atoms with E-state index in [1.165, 1.54) is 11.0 Å². The van der Waals surface area contributed by atoms with E-state index in [2.05, 4.69) is 21.2 Å². The van der Waals surface area contributed by atoms with Gasteiger partial charge in [-0.2, -0.15) is 0 Å². The average Bonchev–Trinajstić information content (AvgIpc) is 2.52. The maximum absolute atomic E-state index is 14.0. The van der Waals surface area contributed by atoms with Crippen molar-refractivity contribution in [2.24, 2.45) is 0 Å². The number of carbonyl (C=O) groups excluding carboxylic acids is 2. The van der Waals surface area contributed by atoms with Crippen molar-refractivity contribution in [2.45, 2.75) is 32.2 Å². The van der Waals surface area contributed by atoms with E-state index in [1.54, 1.807) is 12.1 Å². The van der Waals surface area contributed by atoms with E-state index in [0.29, 0.717) is 10.9 Å². The molecule has 4 nitrogen and oxygen atoms in total. The summed E-state index contributed by atoms with van der Waals surface area (Å²) < 4.78 is 14.6. The van der Waals surface area contributed by atoms with Crippen molar-refractivity contribution in [3.05, 3.63) is 28.5 Å². The van der Waals surface area contributed by atoms with Gasteiger partial charge in [0.05, 0.1) is 5.69 Å². The van der Waals surface area contributed by atoms with E-state index in [9.17, 15) is 14.0 Å². The zero-order valence-corrected chi connectivity index (χ0v) is 12.7. The lowest BCUT2D eigenvalue weighted by Gasteiger charge is -2.24. The Balaban J connectivity index is 2.33. The van der Waals surface area contributed by atoms with E-state index >= 15 is 0 Å². The Morgan fingerprint density at radius 3 is 2.85 bits per heavy atom. The van der Waals surface area contributed by atoms with Gasteiger partial charge in [-0.3, -0.25) is 9.59 Å². The molecule has 20 heavy (non-hydrogen) atoms. The molecule has 1 saturated heterocycles. The monoisotopic (exact) mass is 342 g/mol. The van der Waals surface area contributed by atoms with Crippen LogP contribution in [-0.4, -0.2) is 24.4 Å². The van der Waals surface area contributed by atoms with Crippen LogP contribution in [0.1, 0.15) is 26.2 Å². The molecule has 1 aromatic rings. The van der Waals surface area contributed by atoms with Crippen molar-refractivity contribution in [1.82, 2.24) is 5.32 Å². The predicted molar refractivity (Wildman–Crippen MR) is 77.9 cm³/mol. The van der Waals surface area contributed by atoms with Gasteiger partial charge in [0.15, 0.2) is 0 Å². The van der Waals surface area contributed by atoms with Crippen LogP contribution in [0.2, 0.25) is 0 Å². The zero-order valence-electron chi connectivity index (χ0n) is 11.2. The third-order valence-corrected chi connectivity index (χ3v) is 3.73. The van der Waals surface area contributed by atoms with Gasteiger partial charge >= 0.3 is 0 Å². The lowest BCUT2D eigenvalue weighted by molar-refractivity contribution is -0.125. The van der Waals surface area contributed by atoms with Crippen molar-refractivity contribution >= 4 is 33.4 Å². The highest BCUT2D eigenvalue weighted by molar-refractivity contribution is 9.10. The highest BCUT2D eigenvalue weighted by atomic mass is 79.9. The summed E-state index contributed by atoms with van der Waals surface area (Å²) in [6.45, 7) is 2.14. The van der Waals surface area contributed by atoms with Gasteiger partial charge in [-0.1, -0.05) is 29.3 Å². The number of rotatable bonds is 3. The molecule has 1 heterocycles. The Morgan fingerprint density at radius 1 is 1.45 bits per heavy atom. The molecule has 0 aliphatic carbocycles. The molecule has 1 aliphatic rings. The molecular weight excluding hydrogens is 327 g/mol. The summed E-state index contributed by atoms with van der Waals surface area (Å²) in [5, 5.41) is 2.70. The largest absolute Gasteiger partial charge is 0.344 e. The Hall–Kier alpha value is -1.43. The number of nitrogens with zero attached hydrogens (tertiary/aromatic N) is 1. The number of nitrogens with one attached hydrogen (secondary N) is 1. The average molecular weight is 343 g/mol. The van der Waals surface area contributed by atoms with Crippen LogP contribution in [0.4, 0.5) is 10.1 Å². The number of carbonyl (C=O) groups is 2. The van der Waals surface area contributed by atoms with Gasteiger partial charge in [0.25, 0.3) is 0 Å². The van der Waals surface area contributed by atoms with Crippen LogP contribution in [0.5, 0.6) is 0 Å². The van der Waals surface area contributed by atoms with Crippen LogP contribution in [0.15, 0.2) is 22.7 Å². The number of hydrogen-bond acceptors (Lipinski definition) is 2. The van der Waals surface area contributed by atoms with Crippen LogP contribution < -0.4 is 10.2 Å². The molecule has 1 fully saturated rings. The van der Waals surface area contributed by atoms with Crippen molar-refractivity contribution in [3.8, 4) is 0 Å².